The molecule has 0 aliphatic heterocycles. The highest BCUT2D eigenvalue weighted by Crippen LogP contribution is 2.20. The van der Waals surface area contributed by atoms with Gasteiger partial charge in [0.25, 0.3) is 5.91 Å². The summed E-state index contributed by atoms with van der Waals surface area (Å²) >= 11 is 5.65. The second kappa shape index (κ2) is 4.59. The van der Waals surface area contributed by atoms with Crippen LogP contribution in [-0.2, 0) is 0 Å². The zero-order valence-electron chi connectivity index (χ0n) is 8.96. The first-order chi connectivity index (χ1) is 8.08. The molecule has 2 aromatic rings. The molecule has 0 aliphatic rings. The Morgan fingerprint density at radius 1 is 1.41 bits per heavy atom. The van der Waals surface area contributed by atoms with Gasteiger partial charge in [0.2, 0.25) is 5.22 Å². The van der Waals surface area contributed by atoms with Gasteiger partial charge in [-0.1, -0.05) is 6.07 Å². The molecule has 2 rings (SSSR count). The third-order valence-corrected chi connectivity index (χ3v) is 2.53. The number of hydrogen-bond donors (Lipinski definition) is 1. The summed E-state index contributed by atoms with van der Waals surface area (Å²) in [6, 6.07) is 5.88. The average molecular weight is 254 g/mol. The van der Waals surface area contributed by atoms with Gasteiger partial charge in [-0.3, -0.25) is 4.79 Å². The summed E-state index contributed by atoms with van der Waals surface area (Å²) in [5, 5.41) is 2.42. The van der Waals surface area contributed by atoms with E-state index in [-0.39, 0.29) is 16.5 Å². The van der Waals surface area contributed by atoms with E-state index >= 15 is 0 Å². The van der Waals surface area contributed by atoms with Crippen molar-refractivity contribution in [3.8, 4) is 0 Å². The molecule has 0 saturated heterocycles. The third kappa shape index (κ3) is 2.47. The van der Waals surface area contributed by atoms with Crippen molar-refractivity contribution < 1.29 is 13.6 Å². The number of furan rings is 1. The fraction of sp³-hybridized carbons (Fsp3) is 0.0833. The number of halogens is 2. The zero-order chi connectivity index (χ0) is 12.4. The van der Waals surface area contributed by atoms with Crippen LogP contribution < -0.4 is 5.32 Å². The zero-order valence-corrected chi connectivity index (χ0v) is 9.72. The van der Waals surface area contributed by atoms with E-state index < -0.39 is 11.7 Å². The quantitative estimate of drug-likeness (QED) is 0.888. The fourth-order valence-electron chi connectivity index (χ4n) is 1.38. The Bertz CT molecular complexity index is 565. The van der Waals surface area contributed by atoms with E-state index in [9.17, 15) is 9.18 Å². The van der Waals surface area contributed by atoms with Crippen molar-refractivity contribution in [2.24, 2.45) is 0 Å². The van der Waals surface area contributed by atoms with Crippen LogP contribution in [0, 0.1) is 12.7 Å². The second-order valence-corrected chi connectivity index (χ2v) is 3.89. The van der Waals surface area contributed by atoms with E-state index in [0.717, 1.165) is 5.56 Å². The molecule has 0 radical (unpaired) electrons. The van der Waals surface area contributed by atoms with Crippen LogP contribution in [0.4, 0.5) is 10.1 Å². The van der Waals surface area contributed by atoms with Crippen molar-refractivity contribution in [3.63, 3.8) is 0 Å². The van der Waals surface area contributed by atoms with Crippen LogP contribution in [0.3, 0.4) is 0 Å². The van der Waals surface area contributed by atoms with Gasteiger partial charge in [0.15, 0.2) is 0 Å². The van der Waals surface area contributed by atoms with Gasteiger partial charge >= 0.3 is 0 Å². The molecule has 0 saturated carbocycles. The van der Waals surface area contributed by atoms with E-state index in [1.165, 1.54) is 18.4 Å². The van der Waals surface area contributed by atoms with Crippen molar-refractivity contribution in [1.29, 1.82) is 0 Å². The smallest absolute Gasteiger partial charge is 0.260 e. The first kappa shape index (κ1) is 11.7. The van der Waals surface area contributed by atoms with Crippen LogP contribution in [0.2, 0.25) is 5.22 Å². The van der Waals surface area contributed by atoms with Gasteiger partial charge in [-0.25, -0.2) is 4.39 Å². The Labute approximate surface area is 102 Å². The molecule has 0 atom stereocenters. The summed E-state index contributed by atoms with van der Waals surface area (Å²) in [5.41, 5.74) is 1.14. The number of carbonyl (C=O) groups excluding carboxylic acids is 1. The number of aryl methyl sites for hydroxylation is 1. The maximum absolute atomic E-state index is 13.4. The number of hydrogen-bond acceptors (Lipinski definition) is 2. The largest absolute Gasteiger partial charge is 0.452 e. The van der Waals surface area contributed by atoms with Crippen LogP contribution >= 0.6 is 11.6 Å². The molecular weight excluding hydrogens is 245 g/mol. The van der Waals surface area contributed by atoms with E-state index in [0.29, 0.717) is 0 Å². The normalized spacial score (nSPS) is 10.3. The average Bonchev–Trinajstić information content (AvgIpc) is 2.70. The SMILES string of the molecule is Cc1ccc(F)c(NC(=O)c2ccoc2Cl)c1. The molecule has 5 heteroatoms. The summed E-state index contributed by atoms with van der Waals surface area (Å²) in [7, 11) is 0. The van der Waals surface area contributed by atoms with Crippen LogP contribution in [-0.4, -0.2) is 5.91 Å². The monoisotopic (exact) mass is 253 g/mol. The number of anilines is 1. The third-order valence-electron chi connectivity index (χ3n) is 2.23. The maximum Gasteiger partial charge on any atom is 0.260 e. The first-order valence-electron chi connectivity index (χ1n) is 4.88. The molecule has 0 bridgehead atoms. The predicted octanol–water partition coefficient (Wildman–Crippen LogP) is 3.63. The number of amides is 1. The molecule has 17 heavy (non-hydrogen) atoms. The van der Waals surface area contributed by atoms with E-state index in [2.05, 4.69) is 5.32 Å². The van der Waals surface area contributed by atoms with Crippen LogP contribution in [0.1, 0.15) is 15.9 Å². The summed E-state index contributed by atoms with van der Waals surface area (Å²) < 4.78 is 18.2. The lowest BCUT2D eigenvalue weighted by molar-refractivity contribution is 0.102. The van der Waals surface area contributed by atoms with Crippen molar-refractivity contribution in [1.82, 2.24) is 0 Å². The summed E-state index contributed by atoms with van der Waals surface area (Å²) in [4.78, 5) is 11.7. The molecule has 1 heterocycles. The summed E-state index contributed by atoms with van der Waals surface area (Å²) in [5.74, 6) is -1.00. The lowest BCUT2D eigenvalue weighted by atomic mass is 10.2. The highest BCUT2D eigenvalue weighted by atomic mass is 35.5. The Morgan fingerprint density at radius 2 is 2.18 bits per heavy atom. The van der Waals surface area contributed by atoms with E-state index in [1.54, 1.807) is 19.1 Å². The minimum Gasteiger partial charge on any atom is -0.452 e. The van der Waals surface area contributed by atoms with Crippen molar-refractivity contribution in [2.75, 3.05) is 5.32 Å². The second-order valence-electron chi connectivity index (χ2n) is 3.55. The highest BCUT2D eigenvalue weighted by molar-refractivity contribution is 6.32. The number of benzene rings is 1. The molecule has 88 valence electrons. The molecule has 0 aliphatic carbocycles. The topological polar surface area (TPSA) is 42.2 Å². The standard InChI is InChI=1S/C12H9ClFNO2/c1-7-2-3-9(14)10(6-7)15-12(16)8-4-5-17-11(8)13/h2-6H,1H3,(H,15,16). The Balaban J connectivity index is 2.24. The molecule has 1 amide bonds. The van der Waals surface area contributed by atoms with Crippen LogP contribution in [0.25, 0.3) is 0 Å². The van der Waals surface area contributed by atoms with Gasteiger partial charge in [-0.15, -0.1) is 0 Å². The first-order valence-corrected chi connectivity index (χ1v) is 5.26. The van der Waals surface area contributed by atoms with Gasteiger partial charge in [0.05, 0.1) is 17.5 Å². The lowest BCUT2D eigenvalue weighted by Crippen LogP contribution is -2.12. The molecule has 0 unspecified atom stereocenters. The Hall–Kier alpha value is -1.81. The van der Waals surface area contributed by atoms with E-state index in [4.69, 9.17) is 16.0 Å². The molecule has 1 N–H and O–H groups in total. The number of nitrogens with one attached hydrogen (secondary N) is 1. The highest BCUT2D eigenvalue weighted by Gasteiger charge is 2.14. The molecule has 1 aromatic carbocycles. The molecule has 0 fully saturated rings. The van der Waals surface area contributed by atoms with Crippen molar-refractivity contribution >= 4 is 23.2 Å². The van der Waals surface area contributed by atoms with Gasteiger partial charge in [0.1, 0.15) is 5.82 Å². The molecule has 3 nitrogen and oxygen atoms in total. The maximum atomic E-state index is 13.4. The van der Waals surface area contributed by atoms with Crippen molar-refractivity contribution in [2.45, 2.75) is 6.92 Å². The van der Waals surface area contributed by atoms with Gasteiger partial charge in [0, 0.05) is 0 Å². The summed E-state index contributed by atoms with van der Waals surface area (Å²) in [6.45, 7) is 1.81. The fourth-order valence-corrected chi connectivity index (χ4v) is 1.58. The molecule has 0 spiro atoms. The Kier molecular flexibility index (Phi) is 3.15. The van der Waals surface area contributed by atoms with Crippen LogP contribution in [0.15, 0.2) is 34.9 Å². The van der Waals surface area contributed by atoms with E-state index in [1.807, 2.05) is 0 Å². The summed E-state index contributed by atoms with van der Waals surface area (Å²) in [6.07, 6.45) is 1.30. The Morgan fingerprint density at radius 3 is 2.82 bits per heavy atom. The van der Waals surface area contributed by atoms with Gasteiger partial charge < -0.3 is 9.73 Å². The van der Waals surface area contributed by atoms with Gasteiger partial charge in [-0.05, 0) is 42.3 Å². The minimum atomic E-state index is -0.506. The predicted molar refractivity (Wildman–Crippen MR) is 62.8 cm³/mol. The minimum absolute atomic E-state index is 0.0180. The van der Waals surface area contributed by atoms with Gasteiger partial charge in [-0.2, -0.15) is 0 Å². The number of rotatable bonds is 2. The van der Waals surface area contributed by atoms with Crippen LogP contribution in [0.5, 0.6) is 0 Å². The van der Waals surface area contributed by atoms with Crippen molar-refractivity contribution in [3.05, 3.63) is 52.7 Å². The lowest BCUT2D eigenvalue weighted by Gasteiger charge is -2.06. The molecule has 1 aromatic heterocycles. The molecular formula is C12H9ClFNO2. The number of carbonyl (C=O) groups is 1.